The van der Waals surface area contributed by atoms with E-state index >= 15 is 0 Å². The summed E-state index contributed by atoms with van der Waals surface area (Å²) < 4.78 is 5.31. The van der Waals surface area contributed by atoms with Crippen molar-refractivity contribution < 1.29 is 19.4 Å². The fourth-order valence-corrected chi connectivity index (χ4v) is 2.30. The molecular formula is C15H20N2O4. The Morgan fingerprint density at radius 3 is 2.38 bits per heavy atom. The zero-order chi connectivity index (χ0) is 15.2. The Hall–Kier alpha value is -2.08. The molecule has 1 aromatic carbocycles. The van der Waals surface area contributed by atoms with Crippen LogP contribution in [0.25, 0.3) is 0 Å². The molecule has 0 radical (unpaired) electrons. The van der Waals surface area contributed by atoms with Crippen molar-refractivity contribution in [3.05, 3.63) is 35.9 Å². The maximum atomic E-state index is 12.0. The summed E-state index contributed by atoms with van der Waals surface area (Å²) in [6.45, 7) is 4.00. The normalized spacial score (nSPS) is 17.3. The van der Waals surface area contributed by atoms with Gasteiger partial charge in [-0.2, -0.15) is 0 Å². The molecule has 1 aliphatic rings. The molecule has 6 nitrogen and oxygen atoms in total. The van der Waals surface area contributed by atoms with Crippen LogP contribution in [0.3, 0.4) is 0 Å². The summed E-state index contributed by atoms with van der Waals surface area (Å²) >= 11 is 0. The number of amides is 1. The topological polar surface area (TPSA) is 70.1 Å². The number of nitrogens with zero attached hydrogens (tertiary/aromatic N) is 2. The molecule has 1 heterocycles. The fourth-order valence-electron chi connectivity index (χ4n) is 2.30. The summed E-state index contributed by atoms with van der Waals surface area (Å²) in [5.41, 5.74) is 0.953. The molecule has 0 saturated carbocycles. The van der Waals surface area contributed by atoms with E-state index in [9.17, 15) is 9.59 Å². The lowest BCUT2D eigenvalue weighted by Crippen LogP contribution is -2.53. The Bertz CT molecular complexity index is 484. The quantitative estimate of drug-likeness (QED) is 0.850. The molecular weight excluding hydrogens is 272 g/mol. The highest BCUT2D eigenvalue weighted by Crippen LogP contribution is 2.09. The van der Waals surface area contributed by atoms with Crippen LogP contribution in [0.4, 0.5) is 4.79 Å². The number of carbonyl (C=O) groups is 2. The predicted molar refractivity (Wildman–Crippen MR) is 76.9 cm³/mol. The first-order valence-corrected chi connectivity index (χ1v) is 7.00. The highest BCUT2D eigenvalue weighted by atomic mass is 16.5. The predicted octanol–water partition coefficient (Wildman–Crippen LogP) is 1.41. The van der Waals surface area contributed by atoms with Crippen molar-refractivity contribution in [1.82, 2.24) is 9.80 Å². The third-order valence-corrected chi connectivity index (χ3v) is 3.70. The summed E-state index contributed by atoms with van der Waals surface area (Å²) in [6.07, 6.45) is -0.908. The number of rotatable bonds is 4. The highest BCUT2D eigenvalue weighted by molar-refractivity contribution is 5.75. The number of carboxylic acid groups (broad SMARTS) is 1. The van der Waals surface area contributed by atoms with Crippen LogP contribution in [0.15, 0.2) is 30.3 Å². The van der Waals surface area contributed by atoms with Gasteiger partial charge in [0.15, 0.2) is 0 Å². The van der Waals surface area contributed by atoms with Crippen molar-refractivity contribution in [2.45, 2.75) is 19.6 Å². The second kappa shape index (κ2) is 7.08. The molecule has 114 valence electrons. The first-order valence-electron chi connectivity index (χ1n) is 7.00. The molecule has 1 aromatic rings. The second-order valence-electron chi connectivity index (χ2n) is 5.07. The first kappa shape index (κ1) is 15.3. The molecule has 1 atom stereocenters. The van der Waals surface area contributed by atoms with Crippen LogP contribution in [0.2, 0.25) is 0 Å². The monoisotopic (exact) mass is 292 g/mol. The zero-order valence-electron chi connectivity index (χ0n) is 12.1. The lowest BCUT2D eigenvalue weighted by atomic mass is 10.2. The van der Waals surface area contributed by atoms with Crippen molar-refractivity contribution in [2.75, 3.05) is 26.2 Å². The fraction of sp³-hybridized carbons (Fsp3) is 0.467. The van der Waals surface area contributed by atoms with E-state index in [1.165, 1.54) is 4.90 Å². The number of piperazine rings is 1. The summed E-state index contributed by atoms with van der Waals surface area (Å²) in [7, 11) is 0. The molecule has 1 saturated heterocycles. The van der Waals surface area contributed by atoms with Gasteiger partial charge < -0.3 is 14.7 Å². The Morgan fingerprint density at radius 1 is 1.19 bits per heavy atom. The molecule has 0 aliphatic carbocycles. The number of carbonyl (C=O) groups excluding carboxylic acids is 1. The molecule has 0 aromatic heterocycles. The molecule has 21 heavy (non-hydrogen) atoms. The lowest BCUT2D eigenvalue weighted by molar-refractivity contribution is -0.151. The van der Waals surface area contributed by atoms with E-state index in [2.05, 4.69) is 0 Å². The van der Waals surface area contributed by atoms with Crippen molar-refractivity contribution in [3.63, 3.8) is 0 Å². The minimum atomic E-state index is -0.908. The third kappa shape index (κ3) is 4.19. The first-order chi connectivity index (χ1) is 10.1. The van der Waals surface area contributed by atoms with Gasteiger partial charge in [0.1, 0.15) is 12.6 Å². The Balaban J connectivity index is 1.79. The van der Waals surface area contributed by atoms with Crippen LogP contribution >= 0.6 is 0 Å². The van der Waals surface area contributed by atoms with Crippen LogP contribution in [0.5, 0.6) is 0 Å². The van der Waals surface area contributed by atoms with Gasteiger partial charge in [-0.25, -0.2) is 4.79 Å². The third-order valence-electron chi connectivity index (χ3n) is 3.70. The largest absolute Gasteiger partial charge is 0.465 e. The zero-order valence-corrected chi connectivity index (χ0v) is 12.1. The van der Waals surface area contributed by atoms with Crippen LogP contribution < -0.4 is 0 Å². The van der Waals surface area contributed by atoms with Crippen molar-refractivity contribution >= 4 is 12.1 Å². The van der Waals surface area contributed by atoms with E-state index in [-0.39, 0.29) is 18.6 Å². The molecule has 1 aliphatic heterocycles. The van der Waals surface area contributed by atoms with E-state index < -0.39 is 6.09 Å². The Morgan fingerprint density at radius 2 is 1.81 bits per heavy atom. The number of esters is 1. The summed E-state index contributed by atoms with van der Waals surface area (Å²) in [6, 6.07) is 9.17. The van der Waals surface area contributed by atoms with Gasteiger partial charge in [0, 0.05) is 26.2 Å². The van der Waals surface area contributed by atoms with Crippen LogP contribution in [0, 0.1) is 0 Å². The van der Waals surface area contributed by atoms with Crippen LogP contribution in [-0.4, -0.2) is 59.2 Å². The van der Waals surface area contributed by atoms with Gasteiger partial charge in [-0.05, 0) is 12.5 Å². The van der Waals surface area contributed by atoms with Gasteiger partial charge >= 0.3 is 12.1 Å². The molecule has 1 unspecified atom stereocenters. The molecule has 6 heteroatoms. The van der Waals surface area contributed by atoms with Crippen molar-refractivity contribution in [3.8, 4) is 0 Å². The van der Waals surface area contributed by atoms with Crippen LogP contribution in [-0.2, 0) is 16.1 Å². The Labute approximate surface area is 123 Å². The summed E-state index contributed by atoms with van der Waals surface area (Å²) in [5.74, 6) is -0.275. The number of ether oxygens (including phenoxy) is 1. The SMILES string of the molecule is CC(C(=O)OCc1ccccc1)N1CCN(C(=O)O)CC1. The molecule has 0 bridgehead atoms. The maximum Gasteiger partial charge on any atom is 0.407 e. The van der Waals surface area contributed by atoms with Gasteiger partial charge in [0.2, 0.25) is 0 Å². The maximum absolute atomic E-state index is 12.0. The standard InChI is InChI=1S/C15H20N2O4/c1-12(16-7-9-17(10-8-16)15(19)20)14(18)21-11-13-5-3-2-4-6-13/h2-6,12H,7-11H2,1H3,(H,19,20). The summed E-state index contributed by atoms with van der Waals surface area (Å²) in [4.78, 5) is 26.2. The van der Waals surface area contributed by atoms with E-state index in [0.29, 0.717) is 26.2 Å². The molecule has 2 rings (SSSR count). The van der Waals surface area contributed by atoms with E-state index in [1.807, 2.05) is 35.2 Å². The number of hydrogen-bond acceptors (Lipinski definition) is 4. The summed E-state index contributed by atoms with van der Waals surface area (Å²) in [5, 5.41) is 8.90. The van der Waals surface area contributed by atoms with Gasteiger partial charge in [-0.3, -0.25) is 9.69 Å². The molecule has 1 N–H and O–H groups in total. The minimum absolute atomic E-state index is 0.263. The number of hydrogen-bond donors (Lipinski definition) is 1. The molecule has 0 spiro atoms. The lowest BCUT2D eigenvalue weighted by Gasteiger charge is -2.35. The van der Waals surface area contributed by atoms with E-state index in [0.717, 1.165) is 5.56 Å². The van der Waals surface area contributed by atoms with E-state index in [4.69, 9.17) is 9.84 Å². The molecule has 1 fully saturated rings. The van der Waals surface area contributed by atoms with Crippen LogP contribution in [0.1, 0.15) is 12.5 Å². The minimum Gasteiger partial charge on any atom is -0.465 e. The van der Waals surface area contributed by atoms with Gasteiger partial charge in [-0.1, -0.05) is 30.3 Å². The van der Waals surface area contributed by atoms with E-state index in [1.54, 1.807) is 6.92 Å². The average molecular weight is 292 g/mol. The van der Waals surface area contributed by atoms with Crippen molar-refractivity contribution in [1.29, 1.82) is 0 Å². The Kier molecular flexibility index (Phi) is 5.16. The van der Waals surface area contributed by atoms with Gasteiger partial charge in [0.05, 0.1) is 0 Å². The second-order valence-corrected chi connectivity index (χ2v) is 5.07. The van der Waals surface area contributed by atoms with Gasteiger partial charge in [-0.15, -0.1) is 0 Å². The smallest absolute Gasteiger partial charge is 0.407 e. The van der Waals surface area contributed by atoms with Crippen molar-refractivity contribution in [2.24, 2.45) is 0 Å². The van der Waals surface area contributed by atoms with Gasteiger partial charge in [0.25, 0.3) is 0 Å². The average Bonchev–Trinajstić information content (AvgIpc) is 2.53. The highest BCUT2D eigenvalue weighted by Gasteiger charge is 2.28. The molecule has 1 amide bonds. The number of benzene rings is 1.